The van der Waals surface area contributed by atoms with Crippen LogP contribution in [0.15, 0.2) is 0 Å². The van der Waals surface area contributed by atoms with Gasteiger partial charge in [0, 0.05) is 19.6 Å². The van der Waals surface area contributed by atoms with Gasteiger partial charge in [0.2, 0.25) is 10.0 Å². The summed E-state index contributed by atoms with van der Waals surface area (Å²) in [4.78, 5) is 2.16. The summed E-state index contributed by atoms with van der Waals surface area (Å²) in [6, 6.07) is 0. The molecule has 0 aromatic heterocycles. The van der Waals surface area contributed by atoms with Gasteiger partial charge in [0.05, 0.1) is 25.1 Å². The first kappa shape index (κ1) is 15.7. The van der Waals surface area contributed by atoms with Gasteiger partial charge in [-0.25, -0.2) is 8.42 Å². The van der Waals surface area contributed by atoms with E-state index in [0.717, 1.165) is 25.8 Å². The van der Waals surface area contributed by atoms with Crippen LogP contribution in [0.3, 0.4) is 0 Å². The second kappa shape index (κ2) is 5.77. The van der Waals surface area contributed by atoms with E-state index in [1.165, 1.54) is 0 Å². The van der Waals surface area contributed by atoms with Crippen molar-refractivity contribution in [3.05, 3.63) is 0 Å². The monoisotopic (exact) mass is 318 g/mol. The third-order valence-corrected chi connectivity index (χ3v) is 6.87. The van der Waals surface area contributed by atoms with Crippen LogP contribution in [0.1, 0.15) is 19.3 Å². The zero-order valence-corrected chi connectivity index (χ0v) is 13.8. The van der Waals surface area contributed by atoms with E-state index in [1.54, 1.807) is 4.31 Å². The van der Waals surface area contributed by atoms with Crippen LogP contribution in [0.25, 0.3) is 0 Å². The lowest BCUT2D eigenvalue weighted by Gasteiger charge is -2.30. The van der Waals surface area contributed by atoms with Gasteiger partial charge in [-0.05, 0) is 39.3 Å². The van der Waals surface area contributed by atoms with Crippen LogP contribution in [-0.4, -0.2) is 82.0 Å². The van der Waals surface area contributed by atoms with Crippen molar-refractivity contribution >= 4 is 10.0 Å². The van der Waals surface area contributed by atoms with Crippen molar-refractivity contribution in [1.29, 1.82) is 0 Å². The molecule has 0 radical (unpaired) electrons. The van der Waals surface area contributed by atoms with Gasteiger partial charge in [0.1, 0.15) is 5.60 Å². The molecule has 1 saturated carbocycles. The molecule has 7 heteroatoms. The zero-order valence-electron chi connectivity index (χ0n) is 13.0. The number of hydrogen-bond acceptors (Lipinski definition) is 5. The van der Waals surface area contributed by atoms with Gasteiger partial charge >= 0.3 is 0 Å². The third-order valence-electron chi connectivity index (χ3n) is 4.53. The summed E-state index contributed by atoms with van der Waals surface area (Å²) in [5.74, 6) is 0.451. The Labute approximate surface area is 127 Å². The van der Waals surface area contributed by atoms with Crippen LogP contribution in [-0.2, 0) is 19.5 Å². The Balaban J connectivity index is 1.71. The fourth-order valence-corrected chi connectivity index (χ4v) is 5.35. The molecular weight excluding hydrogens is 292 g/mol. The molecule has 3 fully saturated rings. The van der Waals surface area contributed by atoms with Gasteiger partial charge in [-0.1, -0.05) is 0 Å². The van der Waals surface area contributed by atoms with Crippen molar-refractivity contribution in [2.45, 2.75) is 30.1 Å². The molecule has 122 valence electrons. The van der Waals surface area contributed by atoms with Crippen LogP contribution in [0.4, 0.5) is 0 Å². The number of rotatable bonds is 4. The number of ether oxygens (including phenoxy) is 2. The maximum absolute atomic E-state index is 12.5. The molecule has 21 heavy (non-hydrogen) atoms. The van der Waals surface area contributed by atoms with Crippen LogP contribution >= 0.6 is 0 Å². The number of hydrogen-bond donors (Lipinski definition) is 0. The highest BCUT2D eigenvalue weighted by atomic mass is 32.2. The van der Waals surface area contributed by atoms with Gasteiger partial charge in [-0.2, -0.15) is 4.31 Å². The molecule has 6 nitrogen and oxygen atoms in total. The molecule has 2 heterocycles. The molecule has 3 aliphatic rings. The van der Waals surface area contributed by atoms with Crippen LogP contribution in [0.2, 0.25) is 0 Å². The van der Waals surface area contributed by atoms with Crippen molar-refractivity contribution < 1.29 is 17.9 Å². The molecule has 0 unspecified atom stereocenters. The number of sulfonamides is 1. The van der Waals surface area contributed by atoms with E-state index >= 15 is 0 Å². The van der Waals surface area contributed by atoms with Crippen molar-refractivity contribution in [3.63, 3.8) is 0 Å². The zero-order chi connectivity index (χ0) is 15.1. The summed E-state index contributed by atoms with van der Waals surface area (Å²) in [5, 5.41) is -0.161. The SMILES string of the molecule is CN(C)C[C@H]1CO[C@]2(COCCN(S(=O)(=O)C3CC3)C2)C1. The van der Waals surface area contributed by atoms with Crippen LogP contribution in [0, 0.1) is 5.92 Å². The lowest BCUT2D eigenvalue weighted by atomic mass is 9.94. The first-order chi connectivity index (χ1) is 9.91. The summed E-state index contributed by atoms with van der Waals surface area (Å²) in [5.41, 5.74) is -0.445. The molecule has 0 aromatic rings. The minimum atomic E-state index is -3.15. The van der Waals surface area contributed by atoms with Gasteiger partial charge in [0.25, 0.3) is 0 Å². The molecule has 2 atom stereocenters. The maximum atomic E-state index is 12.5. The van der Waals surface area contributed by atoms with Crippen molar-refractivity contribution in [2.24, 2.45) is 5.92 Å². The smallest absolute Gasteiger partial charge is 0.217 e. The predicted molar refractivity (Wildman–Crippen MR) is 79.7 cm³/mol. The average Bonchev–Trinajstić information content (AvgIpc) is 3.18. The molecular formula is C14H26N2O4S. The van der Waals surface area contributed by atoms with E-state index in [2.05, 4.69) is 19.0 Å². The molecule has 0 aromatic carbocycles. The summed E-state index contributed by atoms with van der Waals surface area (Å²) < 4.78 is 38.3. The van der Waals surface area contributed by atoms with Crippen molar-refractivity contribution in [3.8, 4) is 0 Å². The predicted octanol–water partition coefficient (Wildman–Crippen LogP) is 0.148. The Bertz CT molecular complexity index is 477. The Kier molecular flexibility index (Phi) is 4.31. The normalized spacial score (nSPS) is 35.5. The molecule has 1 spiro atoms. The van der Waals surface area contributed by atoms with E-state index < -0.39 is 15.6 Å². The lowest BCUT2D eigenvalue weighted by Crippen LogP contribution is -2.47. The highest BCUT2D eigenvalue weighted by Crippen LogP contribution is 2.37. The molecule has 2 aliphatic heterocycles. The first-order valence-electron chi connectivity index (χ1n) is 7.77. The van der Waals surface area contributed by atoms with Gasteiger partial charge in [-0.3, -0.25) is 0 Å². The van der Waals surface area contributed by atoms with Crippen molar-refractivity contribution in [2.75, 3.05) is 53.6 Å². The number of nitrogens with zero attached hydrogens (tertiary/aromatic N) is 2. The topological polar surface area (TPSA) is 59.1 Å². The molecule has 0 amide bonds. The minimum Gasteiger partial charge on any atom is -0.377 e. The van der Waals surface area contributed by atoms with E-state index in [-0.39, 0.29) is 5.25 Å². The second-order valence-electron chi connectivity index (χ2n) is 6.96. The Hall–Kier alpha value is -0.210. The Morgan fingerprint density at radius 3 is 2.76 bits per heavy atom. The van der Waals surface area contributed by atoms with Crippen LogP contribution < -0.4 is 0 Å². The second-order valence-corrected chi connectivity index (χ2v) is 9.17. The van der Waals surface area contributed by atoms with E-state index in [0.29, 0.717) is 38.8 Å². The largest absolute Gasteiger partial charge is 0.377 e. The highest BCUT2D eigenvalue weighted by Gasteiger charge is 2.48. The average molecular weight is 318 g/mol. The summed E-state index contributed by atoms with van der Waals surface area (Å²) in [6.45, 7) is 3.55. The molecule has 2 saturated heterocycles. The molecule has 0 bridgehead atoms. The third kappa shape index (κ3) is 3.42. The molecule has 0 N–H and O–H groups in total. The van der Waals surface area contributed by atoms with Gasteiger partial charge in [0.15, 0.2) is 0 Å². The Morgan fingerprint density at radius 2 is 2.10 bits per heavy atom. The van der Waals surface area contributed by atoms with E-state index in [1.807, 2.05) is 0 Å². The molecule has 1 aliphatic carbocycles. The lowest BCUT2D eigenvalue weighted by molar-refractivity contribution is -0.0512. The first-order valence-corrected chi connectivity index (χ1v) is 9.27. The quantitative estimate of drug-likeness (QED) is 0.738. The minimum absolute atomic E-state index is 0.161. The molecule has 3 rings (SSSR count). The summed E-state index contributed by atoms with van der Waals surface area (Å²) in [6.07, 6.45) is 2.48. The van der Waals surface area contributed by atoms with Gasteiger partial charge in [-0.15, -0.1) is 0 Å². The highest BCUT2D eigenvalue weighted by molar-refractivity contribution is 7.90. The van der Waals surface area contributed by atoms with E-state index in [4.69, 9.17) is 9.47 Å². The van der Waals surface area contributed by atoms with E-state index in [9.17, 15) is 8.42 Å². The fourth-order valence-electron chi connectivity index (χ4n) is 3.45. The summed E-state index contributed by atoms with van der Waals surface area (Å²) in [7, 11) is 0.955. The van der Waals surface area contributed by atoms with Gasteiger partial charge < -0.3 is 14.4 Å². The standard InChI is InChI=1S/C14H26N2O4S/c1-15(2)8-12-7-14(20-9-12)10-16(5-6-19-11-14)21(17,18)13-3-4-13/h12-13H,3-11H2,1-2H3/t12-,14+/m0/s1. The fraction of sp³-hybridized carbons (Fsp3) is 1.00. The summed E-state index contributed by atoms with van der Waals surface area (Å²) >= 11 is 0. The van der Waals surface area contributed by atoms with Crippen molar-refractivity contribution in [1.82, 2.24) is 9.21 Å². The Morgan fingerprint density at radius 1 is 1.33 bits per heavy atom. The maximum Gasteiger partial charge on any atom is 0.217 e. The van der Waals surface area contributed by atoms with Crippen LogP contribution in [0.5, 0.6) is 0 Å².